The van der Waals surface area contributed by atoms with Crippen LogP contribution in [0, 0.1) is 0 Å². The van der Waals surface area contributed by atoms with Gasteiger partial charge in [-0.25, -0.2) is 0 Å². The summed E-state index contributed by atoms with van der Waals surface area (Å²) in [7, 11) is 2.00. The minimum absolute atomic E-state index is 0.828. The third-order valence-corrected chi connectivity index (χ3v) is 2.49. The maximum Gasteiger partial charge on any atom is 0.145 e. The summed E-state index contributed by atoms with van der Waals surface area (Å²) in [4.78, 5) is 0. The first kappa shape index (κ1) is 7.53. The SMILES string of the molecule is CC1=C2CCOC2=C(C)N(C)N1. The summed E-state index contributed by atoms with van der Waals surface area (Å²) in [5.74, 6) is 1.08. The monoisotopic (exact) mass is 166 g/mol. The summed E-state index contributed by atoms with van der Waals surface area (Å²) < 4.78 is 5.55. The molecule has 1 saturated heterocycles. The minimum atomic E-state index is 0.828. The molecular formula is C9H14N2O. The molecule has 0 aromatic heterocycles. The van der Waals surface area contributed by atoms with Crippen LogP contribution in [0.2, 0.25) is 0 Å². The van der Waals surface area contributed by atoms with Gasteiger partial charge in [-0.3, -0.25) is 5.01 Å². The van der Waals surface area contributed by atoms with Crippen LogP contribution in [0.5, 0.6) is 0 Å². The number of nitrogens with zero attached hydrogens (tertiary/aromatic N) is 1. The molecule has 12 heavy (non-hydrogen) atoms. The molecule has 0 aromatic carbocycles. The van der Waals surface area contributed by atoms with Crippen molar-refractivity contribution in [1.29, 1.82) is 0 Å². The quantitative estimate of drug-likeness (QED) is 0.588. The number of fused-ring (bicyclic) bond motifs is 1. The third-order valence-electron chi connectivity index (χ3n) is 2.49. The number of nitrogens with one attached hydrogen (secondary N) is 1. The number of ether oxygens (including phenoxy) is 1. The fourth-order valence-electron chi connectivity index (χ4n) is 1.69. The average Bonchev–Trinajstić information content (AvgIpc) is 2.48. The molecule has 0 radical (unpaired) electrons. The summed E-state index contributed by atoms with van der Waals surface area (Å²) in [6.45, 7) is 4.99. The Kier molecular flexibility index (Phi) is 1.53. The van der Waals surface area contributed by atoms with Gasteiger partial charge in [-0.1, -0.05) is 0 Å². The van der Waals surface area contributed by atoms with Crippen LogP contribution in [0.4, 0.5) is 0 Å². The first-order valence-electron chi connectivity index (χ1n) is 4.24. The van der Waals surface area contributed by atoms with Crippen molar-refractivity contribution in [3.05, 3.63) is 22.7 Å². The second kappa shape index (κ2) is 2.44. The van der Waals surface area contributed by atoms with E-state index in [9.17, 15) is 0 Å². The Balaban J connectivity index is 2.46. The van der Waals surface area contributed by atoms with Gasteiger partial charge < -0.3 is 10.2 Å². The molecule has 1 fully saturated rings. The Morgan fingerprint density at radius 2 is 2.17 bits per heavy atom. The molecule has 66 valence electrons. The highest BCUT2D eigenvalue weighted by atomic mass is 16.5. The molecule has 3 nitrogen and oxygen atoms in total. The van der Waals surface area contributed by atoms with Crippen LogP contribution in [-0.2, 0) is 4.74 Å². The molecule has 0 bridgehead atoms. The van der Waals surface area contributed by atoms with Crippen molar-refractivity contribution in [3.8, 4) is 0 Å². The Bertz CT molecular complexity index is 278. The van der Waals surface area contributed by atoms with E-state index in [4.69, 9.17) is 4.74 Å². The Morgan fingerprint density at radius 1 is 1.42 bits per heavy atom. The normalized spacial score (nSPS) is 22.4. The van der Waals surface area contributed by atoms with Gasteiger partial charge in [0.15, 0.2) is 0 Å². The fourth-order valence-corrected chi connectivity index (χ4v) is 1.69. The maximum atomic E-state index is 5.55. The molecule has 0 atom stereocenters. The Morgan fingerprint density at radius 3 is 2.92 bits per heavy atom. The van der Waals surface area contributed by atoms with E-state index in [1.54, 1.807) is 0 Å². The van der Waals surface area contributed by atoms with Crippen molar-refractivity contribution in [2.45, 2.75) is 20.3 Å². The van der Waals surface area contributed by atoms with Crippen LogP contribution in [0.15, 0.2) is 22.7 Å². The van der Waals surface area contributed by atoms with E-state index in [0.29, 0.717) is 0 Å². The van der Waals surface area contributed by atoms with Crippen molar-refractivity contribution in [2.24, 2.45) is 0 Å². The predicted molar refractivity (Wildman–Crippen MR) is 46.9 cm³/mol. The average molecular weight is 166 g/mol. The van der Waals surface area contributed by atoms with Crippen LogP contribution in [0.1, 0.15) is 20.3 Å². The van der Waals surface area contributed by atoms with Gasteiger partial charge in [-0.05, 0) is 13.8 Å². The smallest absolute Gasteiger partial charge is 0.145 e. The standard InChI is InChI=1S/C9H14N2O/c1-6-8-4-5-12-9(8)7(2)11(3)10-6/h10H,4-5H2,1-3H3. The molecule has 1 N–H and O–H groups in total. The summed E-state index contributed by atoms with van der Waals surface area (Å²) >= 11 is 0. The van der Waals surface area contributed by atoms with E-state index in [1.165, 1.54) is 17.0 Å². The van der Waals surface area contributed by atoms with Gasteiger partial charge in [0.05, 0.1) is 12.3 Å². The van der Waals surface area contributed by atoms with Crippen LogP contribution in [0.3, 0.4) is 0 Å². The van der Waals surface area contributed by atoms with Crippen molar-refractivity contribution < 1.29 is 4.74 Å². The number of allylic oxidation sites excluding steroid dienone is 3. The Labute approximate surface area is 72.7 Å². The molecule has 0 unspecified atom stereocenters. The van der Waals surface area contributed by atoms with Crippen LogP contribution >= 0.6 is 0 Å². The molecule has 2 aliphatic heterocycles. The van der Waals surface area contributed by atoms with Crippen molar-refractivity contribution in [1.82, 2.24) is 10.4 Å². The summed E-state index contributed by atoms with van der Waals surface area (Å²) in [6.07, 6.45) is 1.04. The lowest BCUT2D eigenvalue weighted by Crippen LogP contribution is -2.35. The molecule has 2 aliphatic rings. The number of hydrogen-bond donors (Lipinski definition) is 1. The molecule has 3 heteroatoms. The largest absolute Gasteiger partial charge is 0.491 e. The first-order valence-corrected chi connectivity index (χ1v) is 4.24. The molecule has 0 aromatic rings. The zero-order valence-corrected chi connectivity index (χ0v) is 7.77. The van der Waals surface area contributed by atoms with Crippen LogP contribution < -0.4 is 5.43 Å². The molecule has 0 spiro atoms. The summed E-state index contributed by atoms with van der Waals surface area (Å²) in [5.41, 5.74) is 7.01. The van der Waals surface area contributed by atoms with Gasteiger partial charge in [0.2, 0.25) is 0 Å². The number of rotatable bonds is 0. The van der Waals surface area contributed by atoms with E-state index in [-0.39, 0.29) is 0 Å². The lowest BCUT2D eigenvalue weighted by molar-refractivity contribution is 0.232. The van der Waals surface area contributed by atoms with E-state index >= 15 is 0 Å². The van der Waals surface area contributed by atoms with Gasteiger partial charge in [0.1, 0.15) is 5.76 Å². The highest BCUT2D eigenvalue weighted by Gasteiger charge is 2.25. The molecule has 2 heterocycles. The van der Waals surface area contributed by atoms with Gasteiger partial charge in [-0.2, -0.15) is 0 Å². The van der Waals surface area contributed by atoms with E-state index in [0.717, 1.165) is 18.8 Å². The zero-order chi connectivity index (χ0) is 8.72. The topological polar surface area (TPSA) is 24.5 Å². The maximum absolute atomic E-state index is 5.55. The fraction of sp³-hybridized carbons (Fsp3) is 0.556. The lowest BCUT2D eigenvalue weighted by Gasteiger charge is -2.29. The highest BCUT2D eigenvalue weighted by Crippen LogP contribution is 2.32. The molecular weight excluding hydrogens is 152 g/mol. The summed E-state index contributed by atoms with van der Waals surface area (Å²) in [6, 6.07) is 0. The van der Waals surface area contributed by atoms with Crippen molar-refractivity contribution in [2.75, 3.05) is 13.7 Å². The van der Waals surface area contributed by atoms with Crippen LogP contribution in [-0.4, -0.2) is 18.7 Å². The molecule has 0 aliphatic carbocycles. The second-order valence-electron chi connectivity index (χ2n) is 3.29. The van der Waals surface area contributed by atoms with Gasteiger partial charge in [0.25, 0.3) is 0 Å². The van der Waals surface area contributed by atoms with Crippen LogP contribution in [0.25, 0.3) is 0 Å². The lowest BCUT2D eigenvalue weighted by atomic mass is 10.1. The van der Waals surface area contributed by atoms with E-state index in [1.807, 2.05) is 12.1 Å². The molecule has 0 saturated carbocycles. The second-order valence-corrected chi connectivity index (χ2v) is 3.29. The van der Waals surface area contributed by atoms with Gasteiger partial charge in [0, 0.05) is 24.7 Å². The highest BCUT2D eigenvalue weighted by molar-refractivity contribution is 5.37. The first-order chi connectivity index (χ1) is 5.70. The van der Waals surface area contributed by atoms with E-state index < -0.39 is 0 Å². The molecule has 2 rings (SSSR count). The van der Waals surface area contributed by atoms with Gasteiger partial charge >= 0.3 is 0 Å². The number of hydrogen-bond acceptors (Lipinski definition) is 3. The van der Waals surface area contributed by atoms with Crippen molar-refractivity contribution >= 4 is 0 Å². The van der Waals surface area contributed by atoms with Gasteiger partial charge in [-0.15, -0.1) is 0 Å². The molecule has 0 amide bonds. The third kappa shape index (κ3) is 0.891. The zero-order valence-electron chi connectivity index (χ0n) is 7.77. The minimum Gasteiger partial charge on any atom is -0.491 e. The summed E-state index contributed by atoms with van der Waals surface area (Å²) in [5, 5.41) is 2.00. The number of hydrazine groups is 1. The Hall–Kier alpha value is -1.12. The van der Waals surface area contributed by atoms with Crippen molar-refractivity contribution in [3.63, 3.8) is 0 Å². The predicted octanol–water partition coefficient (Wildman–Crippen LogP) is 1.36. The van der Waals surface area contributed by atoms with E-state index in [2.05, 4.69) is 19.3 Å².